The smallest absolute Gasteiger partial charge is 0.160 e. The Hall–Kier alpha value is -1.75. The van der Waals surface area contributed by atoms with Gasteiger partial charge in [-0.15, -0.1) is 0 Å². The molecule has 0 N–H and O–H groups in total. The van der Waals surface area contributed by atoms with Gasteiger partial charge < -0.3 is 0 Å². The summed E-state index contributed by atoms with van der Waals surface area (Å²) in [7, 11) is 0. The van der Waals surface area contributed by atoms with Crippen LogP contribution in [0.1, 0.15) is 50.1 Å². The summed E-state index contributed by atoms with van der Waals surface area (Å²) >= 11 is 0. The average molecular weight is 297 g/mol. The highest BCUT2D eigenvalue weighted by molar-refractivity contribution is 5.31. The molecule has 1 saturated heterocycles. The molecule has 3 heterocycles. The van der Waals surface area contributed by atoms with Crippen LogP contribution in [0.4, 0.5) is 0 Å². The minimum atomic E-state index is 0.487. The van der Waals surface area contributed by atoms with Crippen molar-refractivity contribution in [2.24, 2.45) is 0 Å². The second kappa shape index (κ2) is 6.16. The number of hydrogen-bond donors (Lipinski definition) is 0. The zero-order chi connectivity index (χ0) is 14.8. The van der Waals surface area contributed by atoms with Gasteiger partial charge in [0.05, 0.1) is 5.69 Å². The lowest BCUT2D eigenvalue weighted by molar-refractivity contribution is 0.148. The highest BCUT2D eigenvalue weighted by atomic mass is 15.2. The largest absolute Gasteiger partial charge is 0.300 e. The van der Waals surface area contributed by atoms with Crippen molar-refractivity contribution >= 4 is 0 Å². The van der Waals surface area contributed by atoms with E-state index in [9.17, 15) is 0 Å². The summed E-state index contributed by atoms with van der Waals surface area (Å²) in [6.07, 6.45) is 17.2. The van der Waals surface area contributed by atoms with Crippen molar-refractivity contribution in [2.45, 2.75) is 50.5 Å². The summed E-state index contributed by atoms with van der Waals surface area (Å²) in [5.74, 6) is 1.43. The molecule has 4 rings (SSSR count). The van der Waals surface area contributed by atoms with Crippen molar-refractivity contribution in [3.05, 3.63) is 36.8 Å². The van der Waals surface area contributed by atoms with Crippen LogP contribution >= 0.6 is 0 Å². The molecular formula is C17H23N5. The highest BCUT2D eigenvalue weighted by Crippen LogP contribution is 2.33. The summed E-state index contributed by atoms with van der Waals surface area (Å²) in [6, 6.07) is 0.802. The van der Waals surface area contributed by atoms with Gasteiger partial charge >= 0.3 is 0 Å². The zero-order valence-electron chi connectivity index (χ0n) is 12.9. The number of nitrogens with zero attached hydrogens (tertiary/aromatic N) is 5. The van der Waals surface area contributed by atoms with Crippen molar-refractivity contribution < 1.29 is 0 Å². The van der Waals surface area contributed by atoms with Gasteiger partial charge in [0.1, 0.15) is 6.33 Å². The number of imidazole rings is 1. The standard InChI is InChI=1S/C17H23N5/c1-2-6-15(5-1)21-10-3-4-14(12-21)16-17(20-8-7-19-16)22-11-9-18-13-22/h7-9,11,13-15H,1-6,10,12H2/t14-/m1/s1. The minimum Gasteiger partial charge on any atom is -0.300 e. The quantitative estimate of drug-likeness (QED) is 0.874. The van der Waals surface area contributed by atoms with E-state index in [2.05, 4.69) is 19.9 Å². The Morgan fingerprint density at radius 2 is 1.82 bits per heavy atom. The summed E-state index contributed by atoms with van der Waals surface area (Å²) in [4.78, 5) is 16.1. The Morgan fingerprint density at radius 1 is 0.955 bits per heavy atom. The van der Waals surface area contributed by atoms with Gasteiger partial charge in [-0.25, -0.2) is 9.97 Å². The van der Waals surface area contributed by atoms with Gasteiger partial charge in [-0.3, -0.25) is 14.5 Å². The maximum atomic E-state index is 4.68. The van der Waals surface area contributed by atoms with E-state index >= 15 is 0 Å². The van der Waals surface area contributed by atoms with E-state index < -0.39 is 0 Å². The topological polar surface area (TPSA) is 46.8 Å². The SMILES string of the molecule is c1cn(-c2nccnc2[C@@H]2CCCN(C3CCCC3)C2)cn1. The number of aromatic nitrogens is 4. The minimum absolute atomic E-state index is 0.487. The van der Waals surface area contributed by atoms with Gasteiger partial charge in [0.2, 0.25) is 0 Å². The molecule has 116 valence electrons. The van der Waals surface area contributed by atoms with E-state index in [4.69, 9.17) is 0 Å². The second-order valence-electron chi connectivity index (χ2n) is 6.51. The van der Waals surface area contributed by atoms with Gasteiger partial charge in [0, 0.05) is 43.3 Å². The molecule has 2 aromatic heterocycles. The third kappa shape index (κ3) is 2.65. The van der Waals surface area contributed by atoms with Crippen molar-refractivity contribution in [1.82, 2.24) is 24.4 Å². The Bertz CT molecular complexity index is 603. The normalized spacial score (nSPS) is 23.9. The maximum Gasteiger partial charge on any atom is 0.160 e. The summed E-state index contributed by atoms with van der Waals surface area (Å²) in [5.41, 5.74) is 1.13. The molecule has 0 amide bonds. The molecule has 0 aromatic carbocycles. The fourth-order valence-electron chi connectivity index (χ4n) is 4.04. The third-order valence-electron chi connectivity index (χ3n) is 5.14. The molecule has 0 unspecified atom stereocenters. The predicted molar refractivity (Wildman–Crippen MR) is 85.0 cm³/mol. The number of likely N-dealkylation sites (tertiary alicyclic amines) is 1. The van der Waals surface area contributed by atoms with E-state index in [1.807, 2.05) is 23.3 Å². The van der Waals surface area contributed by atoms with Crippen LogP contribution in [0.5, 0.6) is 0 Å². The lowest BCUT2D eigenvalue weighted by Gasteiger charge is -2.36. The molecule has 1 aliphatic heterocycles. The van der Waals surface area contributed by atoms with Gasteiger partial charge in [-0.05, 0) is 32.2 Å². The van der Waals surface area contributed by atoms with E-state index in [1.54, 1.807) is 12.4 Å². The van der Waals surface area contributed by atoms with Crippen LogP contribution in [0.25, 0.3) is 5.82 Å². The molecular weight excluding hydrogens is 274 g/mol. The average Bonchev–Trinajstić information content (AvgIpc) is 3.28. The van der Waals surface area contributed by atoms with Crippen LogP contribution < -0.4 is 0 Å². The van der Waals surface area contributed by atoms with Crippen LogP contribution in [0.15, 0.2) is 31.1 Å². The summed E-state index contributed by atoms with van der Waals surface area (Å²) in [5, 5.41) is 0. The van der Waals surface area contributed by atoms with Crippen LogP contribution in [-0.4, -0.2) is 43.6 Å². The zero-order valence-corrected chi connectivity index (χ0v) is 12.9. The molecule has 5 nitrogen and oxygen atoms in total. The predicted octanol–water partition coefficient (Wildman–Crippen LogP) is 2.78. The molecule has 0 bridgehead atoms. The Kier molecular flexibility index (Phi) is 3.89. The fraction of sp³-hybridized carbons (Fsp3) is 0.588. The molecule has 22 heavy (non-hydrogen) atoms. The third-order valence-corrected chi connectivity index (χ3v) is 5.14. The van der Waals surface area contributed by atoms with Crippen molar-refractivity contribution in [3.63, 3.8) is 0 Å². The molecule has 2 aliphatic rings. The van der Waals surface area contributed by atoms with Crippen LogP contribution in [0.2, 0.25) is 0 Å². The summed E-state index contributed by atoms with van der Waals surface area (Å²) < 4.78 is 1.98. The fourth-order valence-corrected chi connectivity index (χ4v) is 4.04. The van der Waals surface area contributed by atoms with E-state index in [0.29, 0.717) is 5.92 Å². The maximum absolute atomic E-state index is 4.68. The summed E-state index contributed by atoms with van der Waals surface area (Å²) in [6.45, 7) is 2.38. The molecule has 5 heteroatoms. The first-order valence-corrected chi connectivity index (χ1v) is 8.45. The number of rotatable bonds is 3. The first kappa shape index (κ1) is 13.9. The van der Waals surface area contributed by atoms with Gasteiger partial charge in [0.25, 0.3) is 0 Å². The van der Waals surface area contributed by atoms with Gasteiger partial charge in [0.15, 0.2) is 5.82 Å². The van der Waals surface area contributed by atoms with Crippen LogP contribution in [-0.2, 0) is 0 Å². The number of hydrogen-bond acceptors (Lipinski definition) is 4. The molecule has 0 spiro atoms. The molecule has 2 aromatic rings. The van der Waals surface area contributed by atoms with E-state index in [1.165, 1.54) is 45.1 Å². The first-order valence-electron chi connectivity index (χ1n) is 8.45. The highest BCUT2D eigenvalue weighted by Gasteiger charge is 2.30. The van der Waals surface area contributed by atoms with Gasteiger partial charge in [-0.2, -0.15) is 0 Å². The molecule has 1 aliphatic carbocycles. The van der Waals surface area contributed by atoms with E-state index in [0.717, 1.165) is 24.1 Å². The van der Waals surface area contributed by atoms with Crippen LogP contribution in [0, 0.1) is 0 Å². The molecule has 1 atom stereocenters. The molecule has 1 saturated carbocycles. The van der Waals surface area contributed by atoms with Crippen molar-refractivity contribution in [1.29, 1.82) is 0 Å². The van der Waals surface area contributed by atoms with Gasteiger partial charge in [-0.1, -0.05) is 12.8 Å². The van der Waals surface area contributed by atoms with Crippen molar-refractivity contribution in [2.75, 3.05) is 13.1 Å². The molecule has 0 radical (unpaired) electrons. The Balaban J connectivity index is 1.59. The number of piperidine rings is 1. The van der Waals surface area contributed by atoms with Crippen LogP contribution in [0.3, 0.4) is 0 Å². The van der Waals surface area contributed by atoms with E-state index in [-0.39, 0.29) is 0 Å². The monoisotopic (exact) mass is 297 g/mol. The molecule has 2 fully saturated rings. The Morgan fingerprint density at radius 3 is 2.64 bits per heavy atom. The van der Waals surface area contributed by atoms with Crippen molar-refractivity contribution in [3.8, 4) is 5.82 Å². The second-order valence-corrected chi connectivity index (χ2v) is 6.51. The first-order chi connectivity index (χ1) is 10.9. The Labute approximate surface area is 131 Å². The lowest BCUT2D eigenvalue weighted by atomic mass is 9.93. The lowest BCUT2D eigenvalue weighted by Crippen LogP contribution is -2.41.